The first-order chi connectivity index (χ1) is 17.0. The second kappa shape index (κ2) is 10.7. The van der Waals surface area contributed by atoms with Crippen LogP contribution in [0.5, 0.6) is 11.5 Å². The van der Waals surface area contributed by atoms with Gasteiger partial charge < -0.3 is 14.8 Å². The molecule has 0 saturated carbocycles. The predicted molar refractivity (Wildman–Crippen MR) is 132 cm³/mol. The molecule has 10 nitrogen and oxygen atoms in total. The summed E-state index contributed by atoms with van der Waals surface area (Å²) in [5.41, 5.74) is 2.02. The Morgan fingerprint density at radius 1 is 1.00 bits per heavy atom. The van der Waals surface area contributed by atoms with Gasteiger partial charge in [0.25, 0.3) is 5.69 Å². The van der Waals surface area contributed by atoms with Gasteiger partial charge in [0.05, 0.1) is 24.9 Å². The van der Waals surface area contributed by atoms with Crippen LogP contribution in [0, 0.1) is 10.1 Å². The van der Waals surface area contributed by atoms with Crippen LogP contribution in [0.2, 0.25) is 0 Å². The highest BCUT2D eigenvalue weighted by atomic mass is 32.2. The van der Waals surface area contributed by atoms with Crippen molar-refractivity contribution in [2.75, 3.05) is 25.3 Å². The molecule has 0 unspecified atom stereocenters. The molecule has 1 N–H and O–H groups in total. The molecule has 4 rings (SSSR count). The number of carbonyl (C=O) groups excluding carboxylic acids is 1. The molecule has 0 aliphatic rings. The van der Waals surface area contributed by atoms with Gasteiger partial charge in [0.1, 0.15) is 0 Å². The van der Waals surface area contributed by atoms with Crippen LogP contribution in [0.15, 0.2) is 78.0 Å². The minimum Gasteiger partial charge on any atom is -0.493 e. The van der Waals surface area contributed by atoms with E-state index in [0.29, 0.717) is 28.2 Å². The first-order valence-corrected chi connectivity index (χ1v) is 11.4. The second-order valence-electron chi connectivity index (χ2n) is 7.19. The number of ether oxygens (including phenoxy) is 2. The van der Waals surface area contributed by atoms with Gasteiger partial charge in [-0.15, -0.1) is 10.2 Å². The Morgan fingerprint density at radius 3 is 2.37 bits per heavy atom. The van der Waals surface area contributed by atoms with Crippen LogP contribution in [-0.2, 0) is 4.79 Å². The zero-order valence-corrected chi connectivity index (χ0v) is 19.7. The lowest BCUT2D eigenvalue weighted by Gasteiger charge is -2.12. The fraction of sp³-hybridized carbons (Fsp3) is 0.125. The molecule has 0 saturated heterocycles. The molecule has 178 valence electrons. The van der Waals surface area contributed by atoms with Crippen LogP contribution in [0.25, 0.3) is 17.1 Å². The lowest BCUT2D eigenvalue weighted by atomic mass is 10.2. The molecule has 0 radical (unpaired) electrons. The Hall–Kier alpha value is -4.38. The number of methoxy groups -OCH3 is 2. The van der Waals surface area contributed by atoms with Crippen molar-refractivity contribution in [3.05, 3.63) is 82.9 Å². The van der Waals surface area contributed by atoms with E-state index in [2.05, 4.69) is 15.5 Å². The van der Waals surface area contributed by atoms with E-state index in [1.165, 1.54) is 36.0 Å². The Balaban J connectivity index is 1.58. The third kappa shape index (κ3) is 5.41. The monoisotopic (exact) mass is 491 g/mol. The third-order valence-corrected chi connectivity index (χ3v) is 5.91. The summed E-state index contributed by atoms with van der Waals surface area (Å²) in [7, 11) is 3.13. The molecule has 1 amide bonds. The predicted octanol–water partition coefficient (Wildman–Crippen LogP) is 4.59. The van der Waals surface area contributed by atoms with Crippen LogP contribution in [-0.4, -0.2) is 45.6 Å². The summed E-state index contributed by atoms with van der Waals surface area (Å²) < 4.78 is 12.6. The van der Waals surface area contributed by atoms with Crippen molar-refractivity contribution in [1.82, 2.24) is 14.8 Å². The van der Waals surface area contributed by atoms with Gasteiger partial charge in [-0.25, -0.2) is 0 Å². The van der Waals surface area contributed by atoms with Crippen LogP contribution >= 0.6 is 11.8 Å². The number of nitro benzene ring substituents is 1. The minimum atomic E-state index is -0.492. The van der Waals surface area contributed by atoms with Crippen molar-refractivity contribution in [3.8, 4) is 28.6 Å². The van der Waals surface area contributed by atoms with Gasteiger partial charge >= 0.3 is 0 Å². The number of rotatable bonds is 9. The number of hydrogen-bond acceptors (Lipinski definition) is 8. The summed E-state index contributed by atoms with van der Waals surface area (Å²) in [6.45, 7) is 0. The molecule has 0 spiro atoms. The number of anilines is 1. The van der Waals surface area contributed by atoms with E-state index in [0.717, 1.165) is 11.3 Å². The topological polar surface area (TPSA) is 121 Å². The Morgan fingerprint density at radius 2 is 1.71 bits per heavy atom. The maximum atomic E-state index is 12.5. The molecule has 0 fully saturated rings. The Labute approximate surface area is 205 Å². The van der Waals surface area contributed by atoms with Gasteiger partial charge in [0.15, 0.2) is 22.5 Å². The van der Waals surface area contributed by atoms with E-state index in [1.54, 1.807) is 20.3 Å². The molecule has 1 aromatic heterocycles. The van der Waals surface area contributed by atoms with Crippen LogP contribution < -0.4 is 14.8 Å². The van der Waals surface area contributed by atoms with E-state index < -0.39 is 4.92 Å². The first kappa shape index (κ1) is 23.8. The highest BCUT2D eigenvalue weighted by Gasteiger charge is 2.19. The molecule has 0 aliphatic carbocycles. The summed E-state index contributed by atoms with van der Waals surface area (Å²) in [5, 5.41) is 22.8. The summed E-state index contributed by atoms with van der Waals surface area (Å²) in [6.07, 6.45) is 0. The molecule has 0 atom stereocenters. The number of benzene rings is 3. The van der Waals surface area contributed by atoms with E-state index in [-0.39, 0.29) is 17.3 Å². The molecular formula is C24H21N5O5S. The average molecular weight is 492 g/mol. The highest BCUT2D eigenvalue weighted by Crippen LogP contribution is 2.34. The van der Waals surface area contributed by atoms with Crippen molar-refractivity contribution in [2.24, 2.45) is 0 Å². The van der Waals surface area contributed by atoms with Crippen molar-refractivity contribution in [2.45, 2.75) is 5.16 Å². The highest BCUT2D eigenvalue weighted by molar-refractivity contribution is 7.99. The van der Waals surface area contributed by atoms with Crippen LogP contribution in [0.3, 0.4) is 0 Å². The average Bonchev–Trinajstić information content (AvgIpc) is 3.32. The number of nitrogens with zero attached hydrogens (tertiary/aromatic N) is 4. The largest absolute Gasteiger partial charge is 0.493 e. The van der Waals surface area contributed by atoms with Gasteiger partial charge in [-0.1, -0.05) is 30.0 Å². The molecule has 1 heterocycles. The third-order valence-electron chi connectivity index (χ3n) is 4.98. The maximum absolute atomic E-state index is 12.5. The Bertz CT molecular complexity index is 1340. The zero-order chi connectivity index (χ0) is 24.8. The van der Waals surface area contributed by atoms with Crippen molar-refractivity contribution >= 4 is 29.0 Å². The van der Waals surface area contributed by atoms with Gasteiger partial charge in [-0.2, -0.15) is 0 Å². The molecule has 0 bridgehead atoms. The number of nitrogens with one attached hydrogen (secondary N) is 1. The number of non-ortho nitro benzene ring substituents is 1. The number of para-hydroxylation sites is 1. The standard InChI is InChI=1S/C24H21N5O5S/c1-33-20-13-8-16(14-21(20)34-2)23-26-27-24(28(23)18-6-4-3-5-7-18)35-15-22(30)25-17-9-11-19(12-10-17)29(31)32/h3-14H,15H2,1-2H3,(H,25,30). The minimum absolute atomic E-state index is 0.0453. The molecule has 3 aromatic carbocycles. The number of nitro groups is 1. The van der Waals surface area contributed by atoms with Gasteiger partial charge in [-0.3, -0.25) is 19.5 Å². The number of thioether (sulfide) groups is 1. The molecule has 11 heteroatoms. The van der Waals surface area contributed by atoms with Crippen LogP contribution in [0.4, 0.5) is 11.4 Å². The van der Waals surface area contributed by atoms with Crippen molar-refractivity contribution < 1.29 is 19.2 Å². The van der Waals surface area contributed by atoms with E-state index in [4.69, 9.17) is 9.47 Å². The zero-order valence-electron chi connectivity index (χ0n) is 18.9. The summed E-state index contributed by atoms with van der Waals surface area (Å²) in [5.74, 6) is 1.52. The lowest BCUT2D eigenvalue weighted by molar-refractivity contribution is -0.384. The Kier molecular flexibility index (Phi) is 7.27. The van der Waals surface area contributed by atoms with Gasteiger partial charge in [0, 0.05) is 29.1 Å². The smallest absolute Gasteiger partial charge is 0.269 e. The summed E-state index contributed by atoms with van der Waals surface area (Å²) in [6, 6.07) is 20.7. The molecule has 4 aromatic rings. The summed E-state index contributed by atoms with van der Waals surface area (Å²) >= 11 is 1.22. The number of carbonyl (C=O) groups is 1. The summed E-state index contributed by atoms with van der Waals surface area (Å²) in [4.78, 5) is 22.8. The van der Waals surface area contributed by atoms with E-state index in [1.807, 2.05) is 47.0 Å². The molecular weight excluding hydrogens is 470 g/mol. The first-order valence-electron chi connectivity index (χ1n) is 10.4. The fourth-order valence-electron chi connectivity index (χ4n) is 3.33. The number of hydrogen-bond donors (Lipinski definition) is 1. The fourth-order valence-corrected chi connectivity index (χ4v) is 4.08. The van der Waals surface area contributed by atoms with Crippen molar-refractivity contribution in [1.29, 1.82) is 0 Å². The SMILES string of the molecule is COc1ccc(-c2nnc(SCC(=O)Nc3ccc([N+](=O)[O-])cc3)n2-c2ccccc2)cc1OC. The quantitative estimate of drug-likeness (QED) is 0.205. The maximum Gasteiger partial charge on any atom is 0.269 e. The normalized spacial score (nSPS) is 10.6. The van der Waals surface area contributed by atoms with Crippen molar-refractivity contribution in [3.63, 3.8) is 0 Å². The van der Waals surface area contributed by atoms with E-state index >= 15 is 0 Å². The van der Waals surface area contributed by atoms with Gasteiger partial charge in [-0.05, 0) is 42.5 Å². The van der Waals surface area contributed by atoms with E-state index in [9.17, 15) is 14.9 Å². The molecule has 0 aliphatic heterocycles. The van der Waals surface area contributed by atoms with Gasteiger partial charge in [0.2, 0.25) is 5.91 Å². The number of aromatic nitrogens is 3. The molecule has 35 heavy (non-hydrogen) atoms. The second-order valence-corrected chi connectivity index (χ2v) is 8.13. The number of amides is 1. The van der Waals surface area contributed by atoms with Crippen LogP contribution in [0.1, 0.15) is 0 Å². The lowest BCUT2D eigenvalue weighted by Crippen LogP contribution is -2.14.